The van der Waals surface area contributed by atoms with Gasteiger partial charge in [0.2, 0.25) is 5.91 Å². The predicted octanol–water partition coefficient (Wildman–Crippen LogP) is 3.03. The summed E-state index contributed by atoms with van der Waals surface area (Å²) >= 11 is 0. The number of rotatable bonds is 5. The third-order valence-electron chi connectivity index (χ3n) is 4.20. The number of aryl methyl sites for hydroxylation is 1. The first kappa shape index (κ1) is 18.0. The molecule has 1 aromatic carbocycles. The molecular weight excluding hydrogens is 284 g/mol. The first-order valence-corrected chi connectivity index (χ1v) is 7.69. The minimum absolute atomic E-state index is 0. The lowest BCUT2D eigenvalue weighted by Gasteiger charge is -2.23. The summed E-state index contributed by atoms with van der Waals surface area (Å²) in [5.41, 5.74) is 2.55. The van der Waals surface area contributed by atoms with Crippen LogP contribution in [0.4, 0.5) is 0 Å². The second-order valence-corrected chi connectivity index (χ2v) is 5.98. The quantitative estimate of drug-likeness (QED) is 0.877. The Bertz CT molecular complexity index is 444. The number of amides is 1. The van der Waals surface area contributed by atoms with Gasteiger partial charge in [-0.15, -0.1) is 12.4 Å². The molecule has 2 atom stereocenters. The van der Waals surface area contributed by atoms with Crippen LogP contribution in [-0.2, 0) is 4.79 Å². The van der Waals surface area contributed by atoms with Crippen LogP contribution in [0.5, 0.6) is 0 Å². The fourth-order valence-corrected chi connectivity index (χ4v) is 2.96. The zero-order valence-corrected chi connectivity index (χ0v) is 13.8. The molecule has 1 saturated heterocycles. The van der Waals surface area contributed by atoms with E-state index in [4.69, 9.17) is 0 Å². The third kappa shape index (κ3) is 5.68. The Morgan fingerprint density at radius 2 is 2.19 bits per heavy atom. The summed E-state index contributed by atoms with van der Waals surface area (Å²) < 4.78 is 0. The van der Waals surface area contributed by atoms with Crippen LogP contribution >= 0.6 is 12.4 Å². The van der Waals surface area contributed by atoms with Gasteiger partial charge in [-0.05, 0) is 55.8 Å². The van der Waals surface area contributed by atoms with Gasteiger partial charge in [-0.2, -0.15) is 0 Å². The van der Waals surface area contributed by atoms with Crippen LogP contribution < -0.4 is 10.6 Å². The van der Waals surface area contributed by atoms with E-state index in [0.29, 0.717) is 12.3 Å². The fraction of sp³-hybridized carbons (Fsp3) is 0.588. The topological polar surface area (TPSA) is 41.1 Å². The van der Waals surface area contributed by atoms with Crippen LogP contribution in [-0.4, -0.2) is 25.5 Å². The second-order valence-electron chi connectivity index (χ2n) is 5.98. The average Bonchev–Trinajstić information content (AvgIpc) is 2.46. The number of hydrogen-bond donors (Lipinski definition) is 2. The Labute approximate surface area is 134 Å². The highest BCUT2D eigenvalue weighted by atomic mass is 35.5. The van der Waals surface area contributed by atoms with Crippen LogP contribution in [0.3, 0.4) is 0 Å². The maximum Gasteiger partial charge on any atom is 0.220 e. The van der Waals surface area contributed by atoms with Crippen LogP contribution in [0.15, 0.2) is 24.3 Å². The van der Waals surface area contributed by atoms with Crippen molar-refractivity contribution in [3.63, 3.8) is 0 Å². The lowest BCUT2D eigenvalue weighted by molar-refractivity contribution is -0.121. The Kier molecular flexibility index (Phi) is 7.76. The number of nitrogens with one attached hydrogen (secondary N) is 2. The van der Waals surface area contributed by atoms with Gasteiger partial charge in [0.25, 0.3) is 0 Å². The third-order valence-corrected chi connectivity index (χ3v) is 4.20. The first-order chi connectivity index (χ1) is 9.66. The molecule has 2 N–H and O–H groups in total. The molecule has 4 heteroatoms. The molecule has 1 aromatic rings. The summed E-state index contributed by atoms with van der Waals surface area (Å²) in [6, 6.07) is 8.32. The van der Waals surface area contributed by atoms with Gasteiger partial charge in [0.15, 0.2) is 0 Å². The maximum absolute atomic E-state index is 12.0. The number of carbonyl (C=O) groups is 1. The molecule has 1 fully saturated rings. The van der Waals surface area contributed by atoms with Crippen molar-refractivity contribution >= 4 is 18.3 Å². The normalized spacial score (nSPS) is 19.4. The molecule has 0 radical (unpaired) electrons. The van der Waals surface area contributed by atoms with Crippen LogP contribution in [0.1, 0.15) is 43.2 Å². The van der Waals surface area contributed by atoms with Crippen molar-refractivity contribution in [3.05, 3.63) is 35.4 Å². The van der Waals surface area contributed by atoms with Gasteiger partial charge < -0.3 is 10.6 Å². The van der Waals surface area contributed by atoms with Gasteiger partial charge in [-0.3, -0.25) is 4.79 Å². The molecular formula is C17H27ClN2O. The molecule has 118 valence electrons. The summed E-state index contributed by atoms with van der Waals surface area (Å²) in [5, 5.41) is 6.47. The van der Waals surface area contributed by atoms with Gasteiger partial charge in [0.1, 0.15) is 0 Å². The van der Waals surface area contributed by atoms with E-state index in [0.717, 1.165) is 19.6 Å². The first-order valence-electron chi connectivity index (χ1n) is 7.69. The molecule has 0 bridgehead atoms. The standard InChI is InChI=1S/C17H26N2O.ClH/c1-13-6-3-4-8-16(13)14(2)10-17(20)19-12-15-7-5-9-18-11-15;/h3-4,6,8,14-15,18H,5,7,9-12H2,1-2H3,(H,19,20);1H. The number of carbonyl (C=O) groups excluding carboxylic acids is 1. The van der Waals surface area contributed by atoms with E-state index in [1.807, 2.05) is 12.1 Å². The van der Waals surface area contributed by atoms with E-state index in [9.17, 15) is 4.79 Å². The molecule has 1 amide bonds. The maximum atomic E-state index is 12.0. The molecule has 0 aliphatic carbocycles. The number of piperidine rings is 1. The molecule has 2 unspecified atom stereocenters. The Balaban J connectivity index is 0.00000220. The van der Waals surface area contributed by atoms with Crippen LogP contribution in [0, 0.1) is 12.8 Å². The van der Waals surface area contributed by atoms with Gasteiger partial charge in [0.05, 0.1) is 0 Å². The SMILES string of the molecule is Cc1ccccc1C(C)CC(=O)NCC1CCCNC1.Cl. The Morgan fingerprint density at radius 3 is 2.86 bits per heavy atom. The summed E-state index contributed by atoms with van der Waals surface area (Å²) in [6.07, 6.45) is 3.02. The molecule has 0 spiro atoms. The fourth-order valence-electron chi connectivity index (χ4n) is 2.96. The van der Waals surface area contributed by atoms with E-state index in [-0.39, 0.29) is 24.2 Å². The minimum Gasteiger partial charge on any atom is -0.356 e. The van der Waals surface area contributed by atoms with Crippen molar-refractivity contribution in [2.45, 2.75) is 39.0 Å². The van der Waals surface area contributed by atoms with Crippen molar-refractivity contribution in [1.29, 1.82) is 0 Å². The monoisotopic (exact) mass is 310 g/mol. The zero-order chi connectivity index (χ0) is 14.4. The molecule has 1 aliphatic rings. The van der Waals surface area contributed by atoms with E-state index >= 15 is 0 Å². The summed E-state index contributed by atoms with van der Waals surface area (Å²) in [6.45, 7) is 7.20. The highest BCUT2D eigenvalue weighted by Crippen LogP contribution is 2.22. The molecule has 1 heterocycles. The number of hydrogen-bond acceptors (Lipinski definition) is 2. The number of benzene rings is 1. The smallest absolute Gasteiger partial charge is 0.220 e. The van der Waals surface area contributed by atoms with Crippen molar-refractivity contribution < 1.29 is 4.79 Å². The minimum atomic E-state index is 0. The summed E-state index contributed by atoms with van der Waals surface area (Å²) in [5.74, 6) is 1.05. The van der Waals surface area contributed by atoms with Gasteiger partial charge in [-0.1, -0.05) is 31.2 Å². The predicted molar refractivity (Wildman–Crippen MR) is 90.1 cm³/mol. The Morgan fingerprint density at radius 1 is 1.43 bits per heavy atom. The van der Waals surface area contributed by atoms with Gasteiger partial charge >= 0.3 is 0 Å². The van der Waals surface area contributed by atoms with Gasteiger partial charge in [0, 0.05) is 13.0 Å². The molecule has 2 rings (SSSR count). The molecule has 3 nitrogen and oxygen atoms in total. The summed E-state index contributed by atoms with van der Waals surface area (Å²) in [4.78, 5) is 12.0. The van der Waals surface area contributed by atoms with Crippen LogP contribution in [0.25, 0.3) is 0 Å². The van der Waals surface area contributed by atoms with E-state index in [1.165, 1.54) is 24.0 Å². The zero-order valence-electron chi connectivity index (χ0n) is 13.0. The van der Waals surface area contributed by atoms with Crippen molar-refractivity contribution in [2.75, 3.05) is 19.6 Å². The Hall–Kier alpha value is -1.06. The van der Waals surface area contributed by atoms with Gasteiger partial charge in [-0.25, -0.2) is 0 Å². The average molecular weight is 311 g/mol. The van der Waals surface area contributed by atoms with Crippen molar-refractivity contribution in [1.82, 2.24) is 10.6 Å². The lowest BCUT2D eigenvalue weighted by Crippen LogP contribution is -2.38. The largest absolute Gasteiger partial charge is 0.356 e. The van der Waals surface area contributed by atoms with Crippen molar-refractivity contribution in [3.8, 4) is 0 Å². The second kappa shape index (κ2) is 9.06. The lowest BCUT2D eigenvalue weighted by atomic mass is 9.93. The molecule has 0 aromatic heterocycles. The van der Waals surface area contributed by atoms with E-state index < -0.39 is 0 Å². The molecule has 21 heavy (non-hydrogen) atoms. The van der Waals surface area contributed by atoms with Crippen molar-refractivity contribution in [2.24, 2.45) is 5.92 Å². The summed E-state index contributed by atoms with van der Waals surface area (Å²) in [7, 11) is 0. The molecule has 0 saturated carbocycles. The van der Waals surface area contributed by atoms with Crippen LogP contribution in [0.2, 0.25) is 0 Å². The van der Waals surface area contributed by atoms with E-state index in [2.05, 4.69) is 36.6 Å². The highest BCUT2D eigenvalue weighted by Gasteiger charge is 2.16. The highest BCUT2D eigenvalue weighted by molar-refractivity contribution is 5.85. The molecule has 1 aliphatic heterocycles. The number of halogens is 1. The van der Waals surface area contributed by atoms with E-state index in [1.54, 1.807) is 0 Å².